The molecule has 3 N–H and O–H groups in total. The largest absolute Gasteiger partial charge is 0.364 e. The molecule has 1 aliphatic rings. The van der Waals surface area contributed by atoms with Crippen molar-refractivity contribution in [3.05, 3.63) is 60.7 Å². The maximum absolute atomic E-state index is 6.11. The van der Waals surface area contributed by atoms with Crippen LogP contribution in [0.4, 0.5) is 11.8 Å². The Labute approximate surface area is 188 Å². The van der Waals surface area contributed by atoms with Crippen LogP contribution < -0.4 is 16.0 Å². The van der Waals surface area contributed by atoms with Crippen molar-refractivity contribution in [2.75, 3.05) is 23.3 Å². The number of hydrogen-bond acceptors (Lipinski definition) is 6. The molecule has 1 saturated heterocycles. The van der Waals surface area contributed by atoms with Crippen LogP contribution in [-0.2, 0) is 6.54 Å². The van der Waals surface area contributed by atoms with Crippen LogP contribution in [0.1, 0.15) is 38.3 Å². The minimum Gasteiger partial charge on any atom is -0.364 e. The topological polar surface area (TPSA) is 89.8 Å². The highest BCUT2D eigenvalue weighted by molar-refractivity contribution is 5.84. The van der Waals surface area contributed by atoms with Crippen molar-refractivity contribution in [2.24, 2.45) is 5.73 Å². The lowest BCUT2D eigenvalue weighted by molar-refractivity contribution is 0.495. The van der Waals surface area contributed by atoms with Crippen LogP contribution in [-0.4, -0.2) is 43.2 Å². The lowest BCUT2D eigenvalue weighted by atomic mass is 10.1. The third-order valence-electron chi connectivity index (χ3n) is 6.11. The SMILES string of the molecule is CC(C)n1cnc2c(NCc3ccccc3-n3cccc3)nc(N3CCC(N)CC3)nc21. The number of para-hydroxylation sites is 1. The van der Waals surface area contributed by atoms with Gasteiger partial charge in [-0.2, -0.15) is 9.97 Å². The summed E-state index contributed by atoms with van der Waals surface area (Å²) in [5.41, 5.74) is 10.1. The summed E-state index contributed by atoms with van der Waals surface area (Å²) >= 11 is 0. The molecule has 0 bridgehead atoms. The van der Waals surface area contributed by atoms with Gasteiger partial charge in [-0.15, -0.1) is 0 Å². The molecule has 4 heterocycles. The lowest BCUT2D eigenvalue weighted by Gasteiger charge is -2.30. The fraction of sp³-hybridized carbons (Fsp3) is 0.375. The van der Waals surface area contributed by atoms with Gasteiger partial charge in [0.2, 0.25) is 5.95 Å². The minimum absolute atomic E-state index is 0.263. The van der Waals surface area contributed by atoms with Gasteiger partial charge in [-0.1, -0.05) is 18.2 Å². The Kier molecular flexibility index (Phi) is 5.53. The Morgan fingerprint density at radius 1 is 1.06 bits per heavy atom. The third-order valence-corrected chi connectivity index (χ3v) is 6.11. The maximum atomic E-state index is 6.11. The summed E-state index contributed by atoms with van der Waals surface area (Å²) in [5, 5.41) is 3.56. The molecule has 32 heavy (non-hydrogen) atoms. The molecule has 0 radical (unpaired) electrons. The van der Waals surface area contributed by atoms with Gasteiger partial charge in [0.15, 0.2) is 17.0 Å². The van der Waals surface area contributed by atoms with E-state index in [-0.39, 0.29) is 12.1 Å². The second-order valence-corrected chi connectivity index (χ2v) is 8.69. The standard InChI is InChI=1S/C24H30N8/c1-17(2)32-16-27-21-22(28-24(29-23(21)32)31-13-9-19(25)10-14-31)26-15-18-7-3-4-8-20(18)30-11-5-6-12-30/h3-8,11-12,16-17,19H,9-10,13-15,25H2,1-2H3,(H,26,28,29). The van der Waals surface area contributed by atoms with E-state index in [1.165, 1.54) is 5.56 Å². The van der Waals surface area contributed by atoms with Gasteiger partial charge in [-0.05, 0) is 50.5 Å². The fourth-order valence-corrected chi connectivity index (χ4v) is 4.23. The Hall–Kier alpha value is -3.39. The quantitative estimate of drug-likeness (QED) is 0.484. The van der Waals surface area contributed by atoms with Crippen LogP contribution in [0.5, 0.6) is 0 Å². The summed E-state index contributed by atoms with van der Waals surface area (Å²) < 4.78 is 4.23. The number of nitrogens with one attached hydrogen (secondary N) is 1. The molecule has 0 atom stereocenters. The van der Waals surface area contributed by atoms with E-state index in [9.17, 15) is 0 Å². The molecule has 0 unspecified atom stereocenters. The van der Waals surface area contributed by atoms with Crippen LogP contribution >= 0.6 is 0 Å². The monoisotopic (exact) mass is 430 g/mol. The van der Waals surface area contributed by atoms with Crippen LogP contribution in [0.15, 0.2) is 55.1 Å². The van der Waals surface area contributed by atoms with Crippen molar-refractivity contribution >= 4 is 22.9 Å². The van der Waals surface area contributed by atoms with Gasteiger partial charge in [-0.3, -0.25) is 0 Å². The Morgan fingerprint density at radius 3 is 2.56 bits per heavy atom. The van der Waals surface area contributed by atoms with Crippen molar-refractivity contribution in [2.45, 2.75) is 45.3 Å². The summed E-state index contributed by atoms with van der Waals surface area (Å²) in [6.45, 7) is 6.67. The van der Waals surface area contributed by atoms with E-state index in [0.29, 0.717) is 6.54 Å². The van der Waals surface area contributed by atoms with E-state index in [0.717, 1.165) is 54.5 Å². The number of nitrogens with zero attached hydrogens (tertiary/aromatic N) is 6. The Bertz CT molecular complexity index is 1190. The molecule has 1 aliphatic heterocycles. The van der Waals surface area contributed by atoms with Crippen LogP contribution in [0.2, 0.25) is 0 Å². The molecule has 8 nitrogen and oxygen atoms in total. The smallest absolute Gasteiger partial charge is 0.229 e. The number of benzene rings is 1. The highest BCUT2D eigenvalue weighted by Gasteiger charge is 2.22. The van der Waals surface area contributed by atoms with Gasteiger partial charge < -0.3 is 25.1 Å². The van der Waals surface area contributed by atoms with E-state index >= 15 is 0 Å². The average Bonchev–Trinajstić information content (AvgIpc) is 3.48. The van der Waals surface area contributed by atoms with E-state index in [4.69, 9.17) is 15.7 Å². The summed E-state index contributed by atoms with van der Waals surface area (Å²) in [6.07, 6.45) is 7.89. The van der Waals surface area contributed by atoms with Crippen molar-refractivity contribution in [1.29, 1.82) is 0 Å². The summed E-state index contributed by atoms with van der Waals surface area (Å²) in [5.74, 6) is 1.51. The number of anilines is 2. The highest BCUT2D eigenvalue weighted by atomic mass is 15.3. The number of rotatable bonds is 6. The van der Waals surface area contributed by atoms with E-state index in [1.54, 1.807) is 0 Å². The van der Waals surface area contributed by atoms with Crippen LogP contribution in [0, 0.1) is 0 Å². The third kappa shape index (κ3) is 3.93. The molecule has 3 aromatic heterocycles. The number of piperidine rings is 1. The molecule has 1 aromatic carbocycles. The Balaban J connectivity index is 1.50. The highest BCUT2D eigenvalue weighted by Crippen LogP contribution is 2.27. The zero-order valence-corrected chi connectivity index (χ0v) is 18.6. The minimum atomic E-state index is 0.263. The first-order valence-electron chi connectivity index (χ1n) is 11.3. The van der Waals surface area contributed by atoms with Gasteiger partial charge in [0.1, 0.15) is 0 Å². The average molecular weight is 431 g/mol. The molecule has 0 spiro atoms. The first kappa shape index (κ1) is 20.5. The first-order chi connectivity index (χ1) is 15.6. The number of nitrogens with two attached hydrogens (primary N) is 1. The molecule has 1 fully saturated rings. The zero-order valence-electron chi connectivity index (χ0n) is 18.6. The molecule has 4 aromatic rings. The normalized spacial score (nSPS) is 15.1. The molecule has 0 saturated carbocycles. The van der Waals surface area contributed by atoms with Gasteiger partial charge >= 0.3 is 0 Å². The van der Waals surface area contributed by atoms with E-state index in [1.807, 2.05) is 18.5 Å². The molecule has 0 aliphatic carbocycles. The van der Waals surface area contributed by atoms with Crippen molar-refractivity contribution in [1.82, 2.24) is 24.1 Å². The molecule has 166 valence electrons. The molecular weight excluding hydrogens is 400 g/mol. The molecule has 8 heteroatoms. The molecule has 0 amide bonds. The zero-order chi connectivity index (χ0) is 22.1. The van der Waals surface area contributed by atoms with Crippen LogP contribution in [0.25, 0.3) is 16.9 Å². The second-order valence-electron chi connectivity index (χ2n) is 8.69. The fourth-order valence-electron chi connectivity index (χ4n) is 4.23. The van der Waals surface area contributed by atoms with Gasteiger partial charge in [0, 0.05) is 49.8 Å². The van der Waals surface area contributed by atoms with Gasteiger partial charge in [0.05, 0.1) is 6.33 Å². The van der Waals surface area contributed by atoms with E-state index < -0.39 is 0 Å². The summed E-state index contributed by atoms with van der Waals surface area (Å²) in [6, 6.07) is 13.0. The molecular formula is C24H30N8. The first-order valence-corrected chi connectivity index (χ1v) is 11.3. The number of aromatic nitrogens is 5. The summed E-state index contributed by atoms with van der Waals surface area (Å²) in [7, 11) is 0. The number of fused-ring (bicyclic) bond motifs is 1. The predicted octanol–water partition coefficient (Wildman–Crippen LogP) is 3.74. The Morgan fingerprint density at radius 2 is 1.81 bits per heavy atom. The van der Waals surface area contributed by atoms with Crippen molar-refractivity contribution in [3.8, 4) is 5.69 Å². The maximum Gasteiger partial charge on any atom is 0.229 e. The number of hydrogen-bond donors (Lipinski definition) is 2. The van der Waals surface area contributed by atoms with Crippen molar-refractivity contribution < 1.29 is 0 Å². The lowest BCUT2D eigenvalue weighted by Crippen LogP contribution is -2.40. The predicted molar refractivity (Wildman–Crippen MR) is 128 cm³/mol. The molecule has 5 rings (SSSR count). The van der Waals surface area contributed by atoms with Crippen LogP contribution in [0.3, 0.4) is 0 Å². The van der Waals surface area contributed by atoms with Crippen molar-refractivity contribution in [3.63, 3.8) is 0 Å². The van der Waals surface area contributed by atoms with Gasteiger partial charge in [-0.25, -0.2) is 4.98 Å². The summed E-state index contributed by atoms with van der Waals surface area (Å²) in [4.78, 5) is 16.7. The number of imidazole rings is 1. The van der Waals surface area contributed by atoms with E-state index in [2.05, 4.69) is 74.8 Å². The van der Waals surface area contributed by atoms with Gasteiger partial charge in [0.25, 0.3) is 0 Å². The second kappa shape index (κ2) is 8.63.